The fourth-order valence-electron chi connectivity index (χ4n) is 1.97. The summed E-state index contributed by atoms with van der Waals surface area (Å²) >= 11 is 0. The van der Waals surface area contributed by atoms with Gasteiger partial charge in [0.2, 0.25) is 0 Å². The summed E-state index contributed by atoms with van der Waals surface area (Å²) in [6.45, 7) is 5.47. The zero-order valence-corrected chi connectivity index (χ0v) is 11.5. The van der Waals surface area contributed by atoms with Crippen LogP contribution in [0, 0.1) is 13.8 Å². The zero-order chi connectivity index (χ0) is 13.7. The van der Waals surface area contributed by atoms with Gasteiger partial charge in [-0.15, -0.1) is 0 Å². The van der Waals surface area contributed by atoms with Crippen LogP contribution in [-0.4, -0.2) is 19.2 Å². The molecule has 0 atom stereocenters. The predicted octanol–water partition coefficient (Wildman–Crippen LogP) is 3.12. The lowest BCUT2D eigenvalue weighted by molar-refractivity contribution is 0.119. The number of carbonyl (C=O) groups is 1. The standard InChI is InChI=1S/C15H20N2O2/c1-11-3-4-12(2)14(9-11)17-15(18)16-10-13-5-7-19-8-6-13/h3-4,9-10H,5-8H2,1-2H3,(H2,16,17,18). The summed E-state index contributed by atoms with van der Waals surface area (Å²) in [5.74, 6) is 0. The van der Waals surface area contributed by atoms with Crippen molar-refractivity contribution >= 4 is 11.7 Å². The Bertz CT molecular complexity index is 487. The number of rotatable bonds is 2. The highest BCUT2D eigenvalue weighted by molar-refractivity contribution is 5.90. The second kappa shape index (κ2) is 6.38. The van der Waals surface area contributed by atoms with Crippen molar-refractivity contribution in [2.24, 2.45) is 0 Å². The molecule has 1 aromatic carbocycles. The molecule has 1 aromatic rings. The molecule has 0 unspecified atom stereocenters. The van der Waals surface area contributed by atoms with Crippen LogP contribution in [0.15, 0.2) is 30.0 Å². The molecule has 19 heavy (non-hydrogen) atoms. The van der Waals surface area contributed by atoms with Crippen LogP contribution >= 0.6 is 0 Å². The molecule has 1 saturated heterocycles. The van der Waals surface area contributed by atoms with Gasteiger partial charge in [-0.05, 0) is 49.5 Å². The highest BCUT2D eigenvalue weighted by Crippen LogP contribution is 2.16. The van der Waals surface area contributed by atoms with Crippen molar-refractivity contribution in [3.8, 4) is 0 Å². The SMILES string of the molecule is Cc1ccc(C)c(NC(=O)NC=C2CCOCC2)c1. The molecule has 4 nitrogen and oxygen atoms in total. The first-order valence-corrected chi connectivity index (χ1v) is 6.55. The lowest BCUT2D eigenvalue weighted by Gasteiger charge is -2.15. The summed E-state index contributed by atoms with van der Waals surface area (Å²) in [6.07, 6.45) is 3.58. The lowest BCUT2D eigenvalue weighted by atomic mass is 10.1. The molecule has 2 N–H and O–H groups in total. The monoisotopic (exact) mass is 260 g/mol. The van der Waals surface area contributed by atoms with Gasteiger partial charge in [-0.25, -0.2) is 4.79 Å². The van der Waals surface area contributed by atoms with Crippen molar-refractivity contribution in [2.45, 2.75) is 26.7 Å². The molecule has 1 aliphatic heterocycles. The molecule has 0 radical (unpaired) electrons. The van der Waals surface area contributed by atoms with E-state index in [4.69, 9.17) is 4.74 Å². The van der Waals surface area contributed by atoms with Gasteiger partial charge in [-0.2, -0.15) is 0 Å². The van der Waals surface area contributed by atoms with E-state index in [9.17, 15) is 4.79 Å². The van der Waals surface area contributed by atoms with E-state index in [1.165, 1.54) is 5.57 Å². The number of anilines is 1. The van der Waals surface area contributed by atoms with E-state index in [1.54, 1.807) is 6.20 Å². The topological polar surface area (TPSA) is 50.4 Å². The van der Waals surface area contributed by atoms with E-state index < -0.39 is 0 Å². The molecule has 1 heterocycles. The minimum Gasteiger partial charge on any atom is -0.381 e. The third-order valence-corrected chi connectivity index (χ3v) is 3.18. The Labute approximate surface area is 113 Å². The van der Waals surface area contributed by atoms with Crippen LogP contribution in [0.1, 0.15) is 24.0 Å². The van der Waals surface area contributed by atoms with Gasteiger partial charge in [0.25, 0.3) is 0 Å². The Morgan fingerprint density at radius 1 is 1.26 bits per heavy atom. The Kier molecular flexibility index (Phi) is 4.58. The summed E-state index contributed by atoms with van der Waals surface area (Å²) in [5.41, 5.74) is 4.26. The van der Waals surface area contributed by atoms with Crippen molar-refractivity contribution in [2.75, 3.05) is 18.5 Å². The molecule has 0 spiro atoms. The van der Waals surface area contributed by atoms with Crippen LogP contribution < -0.4 is 10.6 Å². The number of hydrogen-bond acceptors (Lipinski definition) is 2. The Morgan fingerprint density at radius 2 is 2.00 bits per heavy atom. The second-order valence-corrected chi connectivity index (χ2v) is 4.83. The highest BCUT2D eigenvalue weighted by atomic mass is 16.5. The maximum Gasteiger partial charge on any atom is 0.323 e. The van der Waals surface area contributed by atoms with Gasteiger partial charge in [0, 0.05) is 11.9 Å². The number of aryl methyl sites for hydroxylation is 2. The number of hydrogen-bond donors (Lipinski definition) is 2. The summed E-state index contributed by atoms with van der Waals surface area (Å²) < 4.78 is 5.26. The van der Waals surface area contributed by atoms with Gasteiger partial charge in [-0.1, -0.05) is 12.1 Å². The van der Waals surface area contributed by atoms with Crippen LogP contribution in [-0.2, 0) is 4.74 Å². The quantitative estimate of drug-likeness (QED) is 0.858. The van der Waals surface area contributed by atoms with Crippen LogP contribution in [0.5, 0.6) is 0 Å². The maximum atomic E-state index is 11.8. The first-order chi connectivity index (χ1) is 9.15. The van der Waals surface area contributed by atoms with E-state index in [0.29, 0.717) is 0 Å². The van der Waals surface area contributed by atoms with E-state index >= 15 is 0 Å². The fourth-order valence-corrected chi connectivity index (χ4v) is 1.97. The molecule has 4 heteroatoms. The second-order valence-electron chi connectivity index (χ2n) is 4.83. The van der Waals surface area contributed by atoms with Gasteiger partial charge in [0.15, 0.2) is 0 Å². The number of benzene rings is 1. The Hall–Kier alpha value is -1.81. The van der Waals surface area contributed by atoms with Crippen LogP contribution in [0.3, 0.4) is 0 Å². The molecule has 0 bridgehead atoms. The minimum atomic E-state index is -0.201. The van der Waals surface area contributed by atoms with Gasteiger partial charge < -0.3 is 15.4 Å². The van der Waals surface area contributed by atoms with E-state index in [2.05, 4.69) is 10.6 Å². The van der Waals surface area contributed by atoms with Crippen LogP contribution in [0.4, 0.5) is 10.5 Å². The van der Waals surface area contributed by atoms with Gasteiger partial charge in [-0.3, -0.25) is 0 Å². The fraction of sp³-hybridized carbons (Fsp3) is 0.400. The van der Waals surface area contributed by atoms with Crippen LogP contribution in [0.2, 0.25) is 0 Å². The number of amides is 2. The molecule has 0 aromatic heterocycles. The van der Waals surface area contributed by atoms with Crippen molar-refractivity contribution in [1.82, 2.24) is 5.32 Å². The number of nitrogens with one attached hydrogen (secondary N) is 2. The third kappa shape index (κ3) is 4.10. The Balaban J connectivity index is 1.92. The molecule has 2 amide bonds. The average molecular weight is 260 g/mol. The molecule has 1 fully saturated rings. The highest BCUT2D eigenvalue weighted by Gasteiger charge is 2.07. The van der Waals surface area contributed by atoms with Crippen molar-refractivity contribution in [1.29, 1.82) is 0 Å². The maximum absolute atomic E-state index is 11.8. The van der Waals surface area contributed by atoms with Crippen molar-refractivity contribution in [3.05, 3.63) is 41.1 Å². The van der Waals surface area contributed by atoms with E-state index in [0.717, 1.165) is 42.9 Å². The number of ether oxygens (including phenoxy) is 1. The molecular formula is C15H20N2O2. The first kappa shape index (κ1) is 13.6. The van der Waals surface area contributed by atoms with Crippen molar-refractivity contribution < 1.29 is 9.53 Å². The number of carbonyl (C=O) groups excluding carboxylic acids is 1. The molecular weight excluding hydrogens is 240 g/mol. The molecule has 0 aliphatic carbocycles. The third-order valence-electron chi connectivity index (χ3n) is 3.18. The van der Waals surface area contributed by atoms with Gasteiger partial charge >= 0.3 is 6.03 Å². The first-order valence-electron chi connectivity index (χ1n) is 6.55. The normalized spacial score (nSPS) is 14.9. The van der Waals surface area contributed by atoms with Crippen LogP contribution in [0.25, 0.3) is 0 Å². The average Bonchev–Trinajstić information content (AvgIpc) is 2.42. The van der Waals surface area contributed by atoms with E-state index in [-0.39, 0.29) is 6.03 Å². The molecule has 0 saturated carbocycles. The molecule has 1 aliphatic rings. The molecule has 2 rings (SSSR count). The largest absolute Gasteiger partial charge is 0.381 e. The Morgan fingerprint density at radius 3 is 2.74 bits per heavy atom. The lowest BCUT2D eigenvalue weighted by Crippen LogP contribution is -2.25. The molecule has 102 valence electrons. The zero-order valence-electron chi connectivity index (χ0n) is 11.5. The van der Waals surface area contributed by atoms with E-state index in [1.807, 2.05) is 32.0 Å². The summed E-state index contributed by atoms with van der Waals surface area (Å²) in [5, 5.41) is 5.64. The van der Waals surface area contributed by atoms with Gasteiger partial charge in [0.05, 0.1) is 13.2 Å². The predicted molar refractivity (Wildman–Crippen MR) is 76.2 cm³/mol. The minimum absolute atomic E-state index is 0.201. The summed E-state index contributed by atoms with van der Waals surface area (Å²) in [6, 6.07) is 5.80. The van der Waals surface area contributed by atoms with Crippen molar-refractivity contribution in [3.63, 3.8) is 0 Å². The van der Waals surface area contributed by atoms with Gasteiger partial charge in [0.1, 0.15) is 0 Å². The summed E-state index contributed by atoms with van der Waals surface area (Å²) in [4.78, 5) is 11.8. The summed E-state index contributed by atoms with van der Waals surface area (Å²) in [7, 11) is 0. The number of urea groups is 1. The smallest absolute Gasteiger partial charge is 0.323 e.